The number of ketones is 1. The molecule has 2 spiro atoms. The smallest absolute Gasteiger partial charge is 0.264 e. The average molecular weight is 543 g/mol. The lowest BCUT2D eigenvalue weighted by molar-refractivity contribution is -0.311. The van der Waals surface area contributed by atoms with Crippen molar-refractivity contribution in [2.75, 3.05) is 26.1 Å². The zero-order valence-electron chi connectivity index (χ0n) is 23.1. The second-order valence-corrected chi connectivity index (χ2v) is 12.1. The molecule has 2 aliphatic carbocycles. The van der Waals surface area contributed by atoms with Crippen molar-refractivity contribution >= 4 is 15.9 Å². The monoisotopic (exact) mass is 542 g/mol. The predicted octanol–water partition coefficient (Wildman–Crippen LogP) is 5.73. The Labute approximate surface area is 223 Å². The van der Waals surface area contributed by atoms with Crippen LogP contribution in [0.1, 0.15) is 91.4 Å². The van der Waals surface area contributed by atoms with Crippen LogP contribution in [0.25, 0.3) is 0 Å². The number of carbonyl (C=O) groups is 1. The van der Waals surface area contributed by atoms with Gasteiger partial charge < -0.3 is 18.9 Å². The molecule has 37 heavy (non-hydrogen) atoms. The van der Waals surface area contributed by atoms with E-state index in [1.54, 1.807) is 6.08 Å². The molecule has 2 saturated carbocycles. The van der Waals surface area contributed by atoms with E-state index in [9.17, 15) is 13.2 Å². The first-order chi connectivity index (χ1) is 17.4. The summed E-state index contributed by atoms with van der Waals surface area (Å²) in [5, 5.41) is 0. The Hall–Kier alpha value is -1.52. The maximum absolute atomic E-state index is 11.8. The molecular formula is C28H46O8S. The van der Waals surface area contributed by atoms with Crippen molar-refractivity contribution in [1.29, 1.82) is 0 Å². The average Bonchev–Trinajstić information content (AvgIpc) is 2.85. The highest BCUT2D eigenvalue weighted by Crippen LogP contribution is 2.41. The van der Waals surface area contributed by atoms with Crippen LogP contribution in [0.15, 0.2) is 36.6 Å². The zero-order chi connectivity index (χ0) is 27.6. The van der Waals surface area contributed by atoms with Crippen LogP contribution in [0.2, 0.25) is 0 Å². The van der Waals surface area contributed by atoms with Gasteiger partial charge in [0.25, 0.3) is 10.1 Å². The maximum Gasteiger partial charge on any atom is 0.264 e. The van der Waals surface area contributed by atoms with Crippen molar-refractivity contribution in [3.63, 3.8) is 0 Å². The molecule has 0 bridgehead atoms. The van der Waals surface area contributed by atoms with Crippen molar-refractivity contribution in [1.82, 2.24) is 0 Å². The molecule has 9 heteroatoms. The third-order valence-corrected chi connectivity index (χ3v) is 7.69. The lowest BCUT2D eigenvalue weighted by Gasteiger charge is -2.47. The number of carbonyl (C=O) groups excluding carboxylic acids is 1. The molecule has 0 aromatic carbocycles. The molecule has 0 N–H and O–H groups in total. The molecule has 1 atom stereocenters. The van der Waals surface area contributed by atoms with Crippen molar-refractivity contribution in [2.24, 2.45) is 0 Å². The van der Waals surface area contributed by atoms with Crippen LogP contribution < -0.4 is 0 Å². The SMILES string of the molecule is C=CCOS(C)(=O)=O.C=CC[C@]1(C)OC2(CCCCC2)OCC1=O.CC1=C(C)OC2(CCCCC2)OC1. The molecule has 1 saturated heterocycles. The van der Waals surface area contributed by atoms with Gasteiger partial charge in [0.2, 0.25) is 5.79 Å². The Kier molecular flexibility index (Phi) is 12.0. The van der Waals surface area contributed by atoms with Crippen LogP contribution in [0.4, 0.5) is 0 Å². The number of allylic oxidation sites excluding steroid dienone is 1. The minimum absolute atomic E-state index is 0.0311. The van der Waals surface area contributed by atoms with Crippen LogP contribution in [-0.2, 0) is 38.0 Å². The normalized spacial score (nSPS) is 26.8. The van der Waals surface area contributed by atoms with E-state index in [2.05, 4.69) is 24.3 Å². The fourth-order valence-corrected chi connectivity index (χ4v) is 5.20. The van der Waals surface area contributed by atoms with Crippen LogP contribution in [-0.4, -0.2) is 57.5 Å². The summed E-state index contributed by atoms with van der Waals surface area (Å²) in [6, 6.07) is 0. The molecule has 0 unspecified atom stereocenters. The molecule has 2 heterocycles. The maximum atomic E-state index is 11.8. The van der Waals surface area contributed by atoms with Gasteiger partial charge in [-0.3, -0.25) is 8.98 Å². The van der Waals surface area contributed by atoms with Gasteiger partial charge in [-0.2, -0.15) is 8.42 Å². The first-order valence-corrected chi connectivity index (χ1v) is 15.1. The summed E-state index contributed by atoms with van der Waals surface area (Å²) in [6.07, 6.45) is 15.9. The van der Waals surface area contributed by atoms with Crippen molar-refractivity contribution < 1.29 is 36.3 Å². The number of hydrogen-bond acceptors (Lipinski definition) is 8. The van der Waals surface area contributed by atoms with Gasteiger partial charge in [0.15, 0.2) is 11.6 Å². The quantitative estimate of drug-likeness (QED) is 0.321. The Morgan fingerprint density at radius 2 is 1.43 bits per heavy atom. The highest BCUT2D eigenvalue weighted by Gasteiger charge is 2.48. The van der Waals surface area contributed by atoms with Crippen LogP contribution in [0.5, 0.6) is 0 Å². The van der Waals surface area contributed by atoms with Gasteiger partial charge in [0, 0.05) is 32.1 Å². The third kappa shape index (κ3) is 9.94. The molecule has 0 radical (unpaired) electrons. The lowest BCUT2D eigenvalue weighted by Crippen LogP contribution is -2.56. The molecular weight excluding hydrogens is 496 g/mol. The molecule has 2 aliphatic heterocycles. The van der Waals surface area contributed by atoms with E-state index in [1.165, 1.54) is 37.3 Å². The largest absolute Gasteiger partial charge is 0.467 e. The first-order valence-electron chi connectivity index (χ1n) is 13.3. The van der Waals surface area contributed by atoms with Gasteiger partial charge in [-0.1, -0.05) is 25.0 Å². The summed E-state index contributed by atoms with van der Waals surface area (Å²) in [6.45, 7) is 13.9. The number of ether oxygens (including phenoxy) is 4. The summed E-state index contributed by atoms with van der Waals surface area (Å²) in [5.41, 5.74) is 0.508. The van der Waals surface area contributed by atoms with Crippen LogP contribution in [0, 0.1) is 0 Å². The van der Waals surface area contributed by atoms with Gasteiger partial charge >= 0.3 is 0 Å². The number of Topliss-reactive ketones (excluding diaryl/α,β-unsaturated/α-hetero) is 1. The molecule has 0 aromatic rings. The van der Waals surface area contributed by atoms with Crippen molar-refractivity contribution in [3.05, 3.63) is 36.6 Å². The third-order valence-electron chi connectivity index (χ3n) is 7.12. The van der Waals surface area contributed by atoms with E-state index in [1.807, 2.05) is 13.8 Å². The summed E-state index contributed by atoms with van der Waals surface area (Å²) in [4.78, 5) is 11.8. The molecule has 0 aromatic heterocycles. The summed E-state index contributed by atoms with van der Waals surface area (Å²) in [5.74, 6) is 0.364. The fraction of sp³-hybridized carbons (Fsp3) is 0.750. The van der Waals surface area contributed by atoms with Gasteiger partial charge in [0.1, 0.15) is 12.2 Å². The summed E-state index contributed by atoms with van der Waals surface area (Å²) in [7, 11) is -3.26. The van der Waals surface area contributed by atoms with Gasteiger partial charge in [-0.25, -0.2) is 0 Å². The molecule has 0 amide bonds. The molecule has 8 nitrogen and oxygen atoms in total. The van der Waals surface area contributed by atoms with Crippen LogP contribution in [0.3, 0.4) is 0 Å². The lowest BCUT2D eigenvalue weighted by atomic mass is 9.89. The van der Waals surface area contributed by atoms with E-state index in [0.29, 0.717) is 6.42 Å². The fourth-order valence-electron chi connectivity index (χ4n) is 4.86. The first kappa shape index (κ1) is 31.7. The second-order valence-electron chi connectivity index (χ2n) is 10.5. The Morgan fingerprint density at radius 1 is 0.892 bits per heavy atom. The van der Waals surface area contributed by atoms with E-state index in [0.717, 1.165) is 57.1 Å². The number of hydrogen-bond donors (Lipinski definition) is 0. The van der Waals surface area contributed by atoms with E-state index in [4.69, 9.17) is 18.9 Å². The standard InChI is InChI=1S/C13H20O3.C11H18O2.C4H8O3S/c1-3-7-12(2)11(14)10-15-13(16-12)8-5-4-6-9-13;1-9-8-12-11(13-10(9)2)6-4-3-5-7-11;1-3-4-7-8(2,5)6/h3H,1,4-10H2,2H3;3-8H2,1-2H3;3H,1,4H2,2H3/t12-;;/m0../s1. The Bertz CT molecular complexity index is 910. The van der Waals surface area contributed by atoms with E-state index < -0.39 is 21.5 Å². The predicted molar refractivity (Wildman–Crippen MR) is 143 cm³/mol. The topological polar surface area (TPSA) is 97.4 Å². The van der Waals surface area contributed by atoms with Crippen molar-refractivity contribution in [2.45, 2.75) is 109 Å². The summed E-state index contributed by atoms with van der Waals surface area (Å²) >= 11 is 0. The second kappa shape index (κ2) is 14.0. The molecule has 4 aliphatic rings. The Morgan fingerprint density at radius 3 is 1.89 bits per heavy atom. The Balaban J connectivity index is 0.000000207. The minimum Gasteiger partial charge on any atom is -0.467 e. The highest BCUT2D eigenvalue weighted by molar-refractivity contribution is 7.85. The van der Waals surface area contributed by atoms with Gasteiger partial charge in [-0.05, 0) is 52.0 Å². The van der Waals surface area contributed by atoms with E-state index in [-0.39, 0.29) is 24.8 Å². The summed E-state index contributed by atoms with van der Waals surface area (Å²) < 4.78 is 47.8. The van der Waals surface area contributed by atoms with E-state index >= 15 is 0 Å². The minimum atomic E-state index is -3.26. The van der Waals surface area contributed by atoms with Gasteiger partial charge in [-0.15, -0.1) is 13.2 Å². The zero-order valence-corrected chi connectivity index (χ0v) is 24.0. The van der Waals surface area contributed by atoms with Crippen LogP contribution >= 0.6 is 0 Å². The number of rotatable bonds is 5. The van der Waals surface area contributed by atoms with Gasteiger partial charge in [0.05, 0.1) is 25.2 Å². The molecule has 212 valence electrons. The molecule has 3 fully saturated rings. The highest BCUT2D eigenvalue weighted by atomic mass is 32.2. The van der Waals surface area contributed by atoms with Crippen molar-refractivity contribution in [3.8, 4) is 0 Å². The molecule has 4 rings (SSSR count).